The van der Waals surface area contributed by atoms with Crippen LogP contribution in [-0.2, 0) is 6.54 Å². The summed E-state index contributed by atoms with van der Waals surface area (Å²) in [6.45, 7) is 0.0450. The van der Waals surface area contributed by atoms with E-state index in [9.17, 15) is 18.4 Å². The van der Waals surface area contributed by atoms with Crippen LogP contribution in [0.25, 0.3) is 0 Å². The molecule has 0 spiro atoms. The van der Waals surface area contributed by atoms with Crippen LogP contribution in [0.3, 0.4) is 0 Å². The van der Waals surface area contributed by atoms with Gasteiger partial charge in [0.1, 0.15) is 0 Å². The molecule has 5 nitrogen and oxygen atoms in total. The first kappa shape index (κ1) is 14.6. The molecule has 0 unspecified atom stereocenters. The summed E-state index contributed by atoms with van der Waals surface area (Å²) in [5.74, 6) is -4.01. The summed E-state index contributed by atoms with van der Waals surface area (Å²) in [5.41, 5.74) is 5.61. The number of primary amides is 1. The Morgan fingerprint density at radius 3 is 2.71 bits per heavy atom. The van der Waals surface area contributed by atoms with E-state index in [2.05, 4.69) is 10.3 Å². The fourth-order valence-electron chi connectivity index (χ4n) is 1.71. The molecule has 2 aromatic rings. The maximum atomic E-state index is 13.4. The number of halogens is 2. The topological polar surface area (TPSA) is 85.1 Å². The van der Waals surface area contributed by atoms with E-state index in [-0.39, 0.29) is 6.54 Å². The van der Waals surface area contributed by atoms with Crippen molar-refractivity contribution in [1.29, 1.82) is 0 Å². The second kappa shape index (κ2) is 6.08. The molecule has 0 bridgehead atoms. The lowest BCUT2D eigenvalue weighted by atomic mass is 10.1. The van der Waals surface area contributed by atoms with Crippen LogP contribution in [0.15, 0.2) is 36.5 Å². The van der Waals surface area contributed by atoms with Gasteiger partial charge in [0.15, 0.2) is 5.82 Å². The average molecular weight is 291 g/mol. The highest BCUT2D eigenvalue weighted by atomic mass is 19.2. The summed E-state index contributed by atoms with van der Waals surface area (Å²) < 4.78 is 26.3. The van der Waals surface area contributed by atoms with Crippen molar-refractivity contribution in [3.63, 3.8) is 0 Å². The minimum absolute atomic E-state index is 0.0450. The van der Waals surface area contributed by atoms with Crippen LogP contribution in [0, 0.1) is 11.8 Å². The molecule has 0 fully saturated rings. The van der Waals surface area contributed by atoms with Gasteiger partial charge >= 0.3 is 0 Å². The predicted molar refractivity (Wildman–Crippen MR) is 70.3 cm³/mol. The summed E-state index contributed by atoms with van der Waals surface area (Å²) in [6.07, 6.45) is 1.00. The summed E-state index contributed by atoms with van der Waals surface area (Å²) in [4.78, 5) is 25.9. The maximum absolute atomic E-state index is 13.4. The number of pyridine rings is 1. The third-order valence-corrected chi connectivity index (χ3v) is 2.76. The Hall–Kier alpha value is -2.83. The zero-order valence-corrected chi connectivity index (χ0v) is 10.8. The number of nitrogens with two attached hydrogens (primary N) is 1. The molecule has 7 heteroatoms. The van der Waals surface area contributed by atoms with Gasteiger partial charge in [-0.15, -0.1) is 0 Å². The van der Waals surface area contributed by atoms with Crippen molar-refractivity contribution in [3.8, 4) is 0 Å². The van der Waals surface area contributed by atoms with E-state index in [0.717, 1.165) is 12.3 Å². The number of nitrogens with zero attached hydrogens (tertiary/aromatic N) is 1. The van der Waals surface area contributed by atoms with Gasteiger partial charge in [0, 0.05) is 18.3 Å². The van der Waals surface area contributed by atoms with Gasteiger partial charge in [0.25, 0.3) is 5.91 Å². The maximum Gasteiger partial charge on any atom is 0.254 e. The summed E-state index contributed by atoms with van der Waals surface area (Å²) in [5, 5.41) is 2.42. The number of nitrogens with one attached hydrogen (secondary N) is 1. The fourth-order valence-corrected chi connectivity index (χ4v) is 1.71. The normalized spacial score (nSPS) is 10.2. The molecular weight excluding hydrogens is 280 g/mol. The van der Waals surface area contributed by atoms with Crippen molar-refractivity contribution in [2.24, 2.45) is 5.73 Å². The van der Waals surface area contributed by atoms with Gasteiger partial charge in [-0.25, -0.2) is 9.37 Å². The van der Waals surface area contributed by atoms with Gasteiger partial charge in [-0.3, -0.25) is 9.59 Å². The number of hydrogen-bond donors (Lipinski definition) is 2. The Morgan fingerprint density at radius 1 is 1.24 bits per heavy atom. The molecule has 2 amide bonds. The van der Waals surface area contributed by atoms with Crippen LogP contribution in [0.5, 0.6) is 0 Å². The molecule has 2 rings (SSSR count). The van der Waals surface area contributed by atoms with Crippen molar-refractivity contribution < 1.29 is 18.4 Å². The highest BCUT2D eigenvalue weighted by Crippen LogP contribution is 2.09. The zero-order chi connectivity index (χ0) is 15.4. The average Bonchev–Trinajstić information content (AvgIpc) is 2.48. The van der Waals surface area contributed by atoms with E-state index in [1.165, 1.54) is 12.1 Å². The van der Waals surface area contributed by atoms with Crippen LogP contribution in [-0.4, -0.2) is 16.8 Å². The predicted octanol–water partition coefficient (Wildman–Crippen LogP) is 1.39. The molecule has 3 N–H and O–H groups in total. The van der Waals surface area contributed by atoms with E-state index >= 15 is 0 Å². The van der Waals surface area contributed by atoms with E-state index in [0.29, 0.717) is 11.1 Å². The second-order valence-corrected chi connectivity index (χ2v) is 4.21. The Bertz CT molecular complexity index is 704. The zero-order valence-electron chi connectivity index (χ0n) is 10.8. The van der Waals surface area contributed by atoms with Crippen molar-refractivity contribution in [2.45, 2.75) is 6.54 Å². The van der Waals surface area contributed by atoms with E-state index in [1.807, 2.05) is 0 Å². The Balaban J connectivity index is 2.09. The number of hydrogen-bond acceptors (Lipinski definition) is 3. The molecule has 0 aliphatic carbocycles. The van der Waals surface area contributed by atoms with E-state index < -0.39 is 29.1 Å². The molecule has 1 heterocycles. The highest BCUT2D eigenvalue weighted by Gasteiger charge is 2.15. The monoisotopic (exact) mass is 291 g/mol. The van der Waals surface area contributed by atoms with Crippen molar-refractivity contribution >= 4 is 11.8 Å². The molecule has 0 atom stereocenters. The summed E-state index contributed by atoms with van der Waals surface area (Å²) >= 11 is 0. The first-order valence-corrected chi connectivity index (χ1v) is 5.96. The van der Waals surface area contributed by atoms with Crippen molar-refractivity contribution in [1.82, 2.24) is 10.3 Å². The van der Waals surface area contributed by atoms with Gasteiger partial charge in [0.05, 0.1) is 5.56 Å². The van der Waals surface area contributed by atoms with Gasteiger partial charge in [-0.05, 0) is 23.8 Å². The summed E-state index contributed by atoms with van der Waals surface area (Å²) in [7, 11) is 0. The number of carbonyl (C=O) groups is 2. The van der Waals surface area contributed by atoms with Crippen LogP contribution in [0.1, 0.15) is 26.3 Å². The number of carbonyl (C=O) groups excluding carboxylic acids is 2. The van der Waals surface area contributed by atoms with E-state index in [1.54, 1.807) is 12.1 Å². The van der Waals surface area contributed by atoms with Gasteiger partial charge in [-0.1, -0.05) is 12.1 Å². The molecule has 0 aliphatic heterocycles. The van der Waals surface area contributed by atoms with E-state index in [4.69, 9.17) is 5.73 Å². The molecule has 21 heavy (non-hydrogen) atoms. The largest absolute Gasteiger partial charge is 0.366 e. The number of aromatic nitrogens is 1. The molecule has 0 aliphatic rings. The Labute approximate surface area is 118 Å². The lowest BCUT2D eigenvalue weighted by Crippen LogP contribution is -2.24. The number of amides is 2. The van der Waals surface area contributed by atoms with Crippen LogP contribution < -0.4 is 11.1 Å². The molecule has 0 radical (unpaired) electrons. The minimum Gasteiger partial charge on any atom is -0.366 e. The smallest absolute Gasteiger partial charge is 0.254 e. The third-order valence-electron chi connectivity index (χ3n) is 2.76. The minimum atomic E-state index is -1.33. The van der Waals surface area contributed by atoms with Crippen LogP contribution >= 0.6 is 0 Å². The lowest BCUT2D eigenvalue weighted by molar-refractivity contribution is 0.0944. The molecule has 0 saturated carbocycles. The molecule has 1 aromatic heterocycles. The fraction of sp³-hybridized carbons (Fsp3) is 0.0714. The first-order valence-electron chi connectivity index (χ1n) is 5.96. The number of benzene rings is 1. The highest BCUT2D eigenvalue weighted by molar-refractivity contribution is 5.94. The molecule has 1 aromatic carbocycles. The van der Waals surface area contributed by atoms with Gasteiger partial charge < -0.3 is 11.1 Å². The first-order chi connectivity index (χ1) is 9.99. The Kier molecular flexibility index (Phi) is 4.22. The van der Waals surface area contributed by atoms with Gasteiger partial charge in [-0.2, -0.15) is 4.39 Å². The molecule has 0 saturated heterocycles. The standard InChI is InChI=1S/C14H11F2N3O2/c15-11-10(4-5-18-12(11)16)14(21)19-7-8-2-1-3-9(6-8)13(17)20/h1-6H,7H2,(H2,17,20)(H,19,21). The van der Waals surface area contributed by atoms with Crippen LogP contribution in [0.4, 0.5) is 8.78 Å². The molecule has 108 valence electrons. The summed E-state index contributed by atoms with van der Waals surface area (Å²) in [6, 6.07) is 7.38. The lowest BCUT2D eigenvalue weighted by Gasteiger charge is -2.07. The second-order valence-electron chi connectivity index (χ2n) is 4.21. The van der Waals surface area contributed by atoms with Crippen LogP contribution in [0.2, 0.25) is 0 Å². The Morgan fingerprint density at radius 2 is 2.00 bits per heavy atom. The van der Waals surface area contributed by atoms with Gasteiger partial charge in [0.2, 0.25) is 11.9 Å². The van der Waals surface area contributed by atoms with Crippen molar-refractivity contribution in [2.75, 3.05) is 0 Å². The SMILES string of the molecule is NC(=O)c1cccc(CNC(=O)c2ccnc(F)c2F)c1. The third kappa shape index (κ3) is 3.38. The quantitative estimate of drug-likeness (QED) is 0.835. The van der Waals surface area contributed by atoms with Crippen molar-refractivity contribution in [3.05, 3.63) is 65.0 Å². The molecular formula is C14H11F2N3O2. The number of rotatable bonds is 4.